The van der Waals surface area contributed by atoms with Gasteiger partial charge < -0.3 is 15.0 Å². The quantitative estimate of drug-likeness (QED) is 0.290. The van der Waals surface area contributed by atoms with Crippen LogP contribution in [0.5, 0.6) is 11.5 Å². The number of carbonyl (C=O) groups excluding carboxylic acids is 1. The Bertz CT molecular complexity index is 1910. The highest BCUT2D eigenvalue weighted by molar-refractivity contribution is 6.03. The number of anilines is 1. The molecule has 0 aliphatic rings. The monoisotopic (exact) mass is 574 g/mol. The summed E-state index contributed by atoms with van der Waals surface area (Å²) in [6.45, 7) is 4.04. The number of halogens is 2. The molecule has 5 aromatic rings. The minimum absolute atomic E-state index is 0.0655. The van der Waals surface area contributed by atoms with Crippen molar-refractivity contribution in [2.75, 3.05) is 19.4 Å². The highest BCUT2D eigenvalue weighted by Crippen LogP contribution is 2.31. The van der Waals surface area contributed by atoms with Crippen LogP contribution < -0.4 is 21.3 Å². The number of aromatic nitrogens is 4. The number of rotatable bonds is 8. The van der Waals surface area contributed by atoms with Crippen LogP contribution in [-0.4, -0.2) is 43.7 Å². The van der Waals surface area contributed by atoms with Gasteiger partial charge in [0.25, 0.3) is 11.5 Å². The van der Waals surface area contributed by atoms with Crippen molar-refractivity contribution in [2.45, 2.75) is 26.4 Å². The van der Waals surface area contributed by atoms with Gasteiger partial charge in [-0.15, -0.1) is 0 Å². The third-order valence-corrected chi connectivity index (χ3v) is 6.44. The van der Waals surface area contributed by atoms with Crippen molar-refractivity contribution < 1.29 is 18.3 Å². The van der Waals surface area contributed by atoms with Gasteiger partial charge in [0.1, 0.15) is 16.9 Å². The first-order valence-corrected chi connectivity index (χ1v) is 13.1. The summed E-state index contributed by atoms with van der Waals surface area (Å²) in [6.07, 6.45) is 4.64. The largest absolute Gasteiger partial charge is 0.452 e. The Hall–Kier alpha value is -5.10. The number of amides is 1. The Morgan fingerprint density at radius 3 is 2.40 bits per heavy atom. The number of nitrogens with zero attached hydrogens (tertiary/aromatic N) is 5. The van der Waals surface area contributed by atoms with E-state index in [4.69, 9.17) is 4.74 Å². The highest BCUT2D eigenvalue weighted by atomic mass is 19.1. The molecule has 42 heavy (non-hydrogen) atoms. The SMILES string of the molecule is CC(C)n1cc(C(=O)Nc2ccc(Oc3cc(CN(C)C)cn4nccc34)c(F)c2)c(=O)n(-c2ccc(F)cc2)c1=O. The van der Waals surface area contributed by atoms with Crippen LogP contribution in [0.4, 0.5) is 14.5 Å². The van der Waals surface area contributed by atoms with E-state index < -0.39 is 34.8 Å². The zero-order valence-corrected chi connectivity index (χ0v) is 23.3. The van der Waals surface area contributed by atoms with E-state index in [1.165, 1.54) is 28.8 Å². The molecule has 2 aromatic carbocycles. The lowest BCUT2D eigenvalue weighted by Gasteiger charge is -2.16. The van der Waals surface area contributed by atoms with E-state index in [0.29, 0.717) is 17.8 Å². The van der Waals surface area contributed by atoms with Gasteiger partial charge in [-0.3, -0.25) is 14.2 Å². The Balaban J connectivity index is 1.44. The van der Waals surface area contributed by atoms with Crippen LogP contribution in [0.1, 0.15) is 35.8 Å². The van der Waals surface area contributed by atoms with E-state index in [1.54, 1.807) is 30.6 Å². The van der Waals surface area contributed by atoms with E-state index in [1.807, 2.05) is 31.3 Å². The molecule has 5 rings (SSSR count). The van der Waals surface area contributed by atoms with Crippen molar-refractivity contribution in [3.63, 3.8) is 0 Å². The number of carbonyl (C=O) groups is 1. The van der Waals surface area contributed by atoms with Gasteiger partial charge in [-0.1, -0.05) is 0 Å². The van der Waals surface area contributed by atoms with Crippen molar-refractivity contribution in [3.8, 4) is 17.2 Å². The molecule has 10 nitrogen and oxygen atoms in total. The fourth-order valence-electron chi connectivity index (χ4n) is 4.48. The third kappa shape index (κ3) is 5.70. The molecule has 12 heteroatoms. The van der Waals surface area contributed by atoms with Crippen LogP contribution in [0.3, 0.4) is 0 Å². The van der Waals surface area contributed by atoms with E-state index in [9.17, 15) is 18.8 Å². The predicted octanol–water partition coefficient (Wildman–Crippen LogP) is 4.61. The summed E-state index contributed by atoms with van der Waals surface area (Å²) in [6, 6.07) is 11.8. The molecule has 216 valence electrons. The second-order valence-electron chi connectivity index (χ2n) is 10.3. The van der Waals surface area contributed by atoms with Gasteiger partial charge in [-0.2, -0.15) is 5.10 Å². The van der Waals surface area contributed by atoms with Crippen LogP contribution >= 0.6 is 0 Å². The van der Waals surface area contributed by atoms with Gasteiger partial charge in [-0.25, -0.2) is 22.7 Å². The Kier molecular flexibility index (Phi) is 7.72. The van der Waals surface area contributed by atoms with Crippen LogP contribution in [0, 0.1) is 11.6 Å². The number of hydrogen-bond acceptors (Lipinski definition) is 6. The fraction of sp³-hybridized carbons (Fsp3) is 0.200. The standard InChI is InChI=1S/C30H28F2N6O4/c1-18(2)36-17-23(29(40)38(30(36)41)22-8-5-20(31)6-9-22)28(39)34-21-7-10-26(24(32)14-21)42-27-13-19(15-35(3)4)16-37-25(27)11-12-33-37/h5-14,16-18H,15H2,1-4H3,(H,34,39). The molecule has 0 unspecified atom stereocenters. The number of nitrogens with one attached hydrogen (secondary N) is 1. The molecular formula is C30H28F2N6O4. The van der Waals surface area contributed by atoms with Gasteiger partial charge >= 0.3 is 5.69 Å². The minimum atomic E-state index is -0.899. The summed E-state index contributed by atoms with van der Waals surface area (Å²) >= 11 is 0. The summed E-state index contributed by atoms with van der Waals surface area (Å²) in [7, 11) is 3.85. The molecule has 3 aromatic heterocycles. The molecule has 0 fully saturated rings. The van der Waals surface area contributed by atoms with Gasteiger partial charge in [0, 0.05) is 36.7 Å². The summed E-state index contributed by atoms with van der Waals surface area (Å²) in [5, 5.41) is 6.78. The molecule has 1 amide bonds. The van der Waals surface area contributed by atoms with Crippen molar-refractivity contribution in [3.05, 3.63) is 117 Å². The number of pyridine rings is 1. The first-order chi connectivity index (χ1) is 20.0. The maximum Gasteiger partial charge on any atom is 0.335 e. The lowest BCUT2D eigenvalue weighted by molar-refractivity contribution is 0.102. The smallest absolute Gasteiger partial charge is 0.335 e. The molecule has 0 aliphatic heterocycles. The third-order valence-electron chi connectivity index (χ3n) is 6.44. The molecule has 0 bridgehead atoms. The van der Waals surface area contributed by atoms with E-state index >= 15 is 4.39 Å². The maximum atomic E-state index is 15.2. The molecule has 0 aliphatic carbocycles. The van der Waals surface area contributed by atoms with E-state index in [-0.39, 0.29) is 22.7 Å². The second kappa shape index (κ2) is 11.4. The second-order valence-corrected chi connectivity index (χ2v) is 10.3. The summed E-state index contributed by atoms with van der Waals surface area (Å²) < 4.78 is 38.3. The van der Waals surface area contributed by atoms with Gasteiger partial charge in [0.05, 0.1) is 11.9 Å². The van der Waals surface area contributed by atoms with Crippen LogP contribution in [0.2, 0.25) is 0 Å². The molecule has 0 radical (unpaired) electrons. The van der Waals surface area contributed by atoms with Gasteiger partial charge in [0.15, 0.2) is 17.3 Å². The van der Waals surface area contributed by atoms with Crippen LogP contribution in [0.15, 0.2) is 82.8 Å². The number of benzene rings is 2. The lowest BCUT2D eigenvalue weighted by Crippen LogP contribution is -2.42. The average Bonchev–Trinajstić information content (AvgIpc) is 3.40. The van der Waals surface area contributed by atoms with Crippen molar-refractivity contribution in [1.82, 2.24) is 23.6 Å². The van der Waals surface area contributed by atoms with Gasteiger partial charge in [-0.05, 0) is 82.0 Å². The predicted molar refractivity (Wildman–Crippen MR) is 154 cm³/mol. The number of ether oxygens (including phenoxy) is 1. The average molecular weight is 575 g/mol. The molecule has 3 heterocycles. The maximum absolute atomic E-state index is 15.2. The van der Waals surface area contributed by atoms with E-state index in [0.717, 1.165) is 34.5 Å². The van der Waals surface area contributed by atoms with Crippen molar-refractivity contribution in [2.24, 2.45) is 0 Å². The van der Waals surface area contributed by atoms with Crippen molar-refractivity contribution >= 4 is 17.1 Å². The van der Waals surface area contributed by atoms with Crippen molar-refractivity contribution in [1.29, 1.82) is 0 Å². The van der Waals surface area contributed by atoms with Crippen LogP contribution in [-0.2, 0) is 6.54 Å². The van der Waals surface area contributed by atoms with Gasteiger partial charge in [0.2, 0.25) is 0 Å². The minimum Gasteiger partial charge on any atom is -0.452 e. The first-order valence-electron chi connectivity index (χ1n) is 13.1. The van der Waals surface area contributed by atoms with Crippen LogP contribution in [0.25, 0.3) is 11.2 Å². The highest BCUT2D eigenvalue weighted by Gasteiger charge is 2.21. The topological polar surface area (TPSA) is 103 Å². The summed E-state index contributed by atoms with van der Waals surface area (Å²) in [5.74, 6) is -1.82. The number of fused-ring (bicyclic) bond motifs is 1. The zero-order chi connectivity index (χ0) is 30.1. The first kappa shape index (κ1) is 28.4. The Morgan fingerprint density at radius 1 is 1.00 bits per heavy atom. The van der Waals surface area contributed by atoms with E-state index in [2.05, 4.69) is 10.4 Å². The number of hydrogen-bond donors (Lipinski definition) is 1. The molecule has 1 N–H and O–H groups in total. The zero-order valence-electron chi connectivity index (χ0n) is 23.3. The summed E-state index contributed by atoms with van der Waals surface area (Å²) in [4.78, 5) is 41.5. The molecule has 0 spiro atoms. The normalized spacial score (nSPS) is 11.4. The Morgan fingerprint density at radius 2 is 1.74 bits per heavy atom. The fourth-order valence-corrected chi connectivity index (χ4v) is 4.48. The molecule has 0 saturated heterocycles. The summed E-state index contributed by atoms with van der Waals surface area (Å²) in [5.41, 5.74) is -0.220. The Labute approximate surface area is 239 Å². The lowest BCUT2D eigenvalue weighted by atomic mass is 10.2. The molecule has 0 atom stereocenters. The molecule has 0 saturated carbocycles. The molecular weight excluding hydrogens is 546 g/mol.